The van der Waals surface area contributed by atoms with E-state index in [1.807, 2.05) is 0 Å². The molecule has 1 aliphatic carbocycles. The van der Waals surface area contributed by atoms with Crippen molar-refractivity contribution in [3.8, 4) is 0 Å². The van der Waals surface area contributed by atoms with Crippen LogP contribution in [0.4, 0.5) is 4.39 Å². The molecule has 1 aromatic rings. The maximum Gasteiger partial charge on any atom is 0.236 e. The average Bonchev–Trinajstić information content (AvgIpc) is 2.93. The first-order chi connectivity index (χ1) is 9.58. The van der Waals surface area contributed by atoms with Gasteiger partial charge in [0.15, 0.2) is 0 Å². The van der Waals surface area contributed by atoms with Crippen LogP contribution in [0.5, 0.6) is 0 Å². The highest BCUT2D eigenvalue weighted by Gasteiger charge is 2.18. The molecule has 5 heteroatoms. The van der Waals surface area contributed by atoms with Gasteiger partial charge in [-0.05, 0) is 25.0 Å². The lowest BCUT2D eigenvalue weighted by Crippen LogP contribution is -2.39. The molecule has 0 radical (unpaired) electrons. The Morgan fingerprint density at radius 2 is 2.15 bits per heavy atom. The standard InChI is InChI=1S/C15H20ClFN2O/c1-19(10-12-13(16)7-4-8-14(12)17)15(20)9-18-11-5-2-3-6-11/h4,7-8,11,18H,2-3,5-6,9-10H2,1H3. The molecule has 3 nitrogen and oxygen atoms in total. The number of carbonyl (C=O) groups excluding carboxylic acids is 1. The van der Waals surface area contributed by atoms with E-state index in [4.69, 9.17) is 11.6 Å². The number of rotatable bonds is 5. The van der Waals surface area contributed by atoms with Crippen molar-refractivity contribution < 1.29 is 9.18 Å². The summed E-state index contributed by atoms with van der Waals surface area (Å²) in [6, 6.07) is 5.00. The molecule has 1 fully saturated rings. The summed E-state index contributed by atoms with van der Waals surface area (Å²) < 4.78 is 13.7. The van der Waals surface area contributed by atoms with Crippen LogP contribution in [-0.4, -0.2) is 30.4 Å². The van der Waals surface area contributed by atoms with Gasteiger partial charge in [-0.2, -0.15) is 0 Å². The van der Waals surface area contributed by atoms with Crippen LogP contribution in [0.3, 0.4) is 0 Å². The number of likely N-dealkylation sites (N-methyl/N-ethyl adjacent to an activating group) is 1. The Morgan fingerprint density at radius 3 is 2.80 bits per heavy atom. The first-order valence-electron chi connectivity index (χ1n) is 6.98. The van der Waals surface area contributed by atoms with E-state index in [0.29, 0.717) is 23.2 Å². The smallest absolute Gasteiger partial charge is 0.236 e. The molecule has 1 aliphatic rings. The summed E-state index contributed by atoms with van der Waals surface area (Å²) in [5.41, 5.74) is 0.367. The van der Waals surface area contributed by atoms with Crippen molar-refractivity contribution in [2.75, 3.05) is 13.6 Å². The van der Waals surface area contributed by atoms with Gasteiger partial charge in [0.25, 0.3) is 0 Å². The minimum atomic E-state index is -0.374. The highest BCUT2D eigenvalue weighted by atomic mass is 35.5. The first-order valence-corrected chi connectivity index (χ1v) is 7.36. The molecule has 0 saturated heterocycles. The summed E-state index contributed by atoms with van der Waals surface area (Å²) in [4.78, 5) is 13.5. The molecule has 110 valence electrons. The van der Waals surface area contributed by atoms with Crippen molar-refractivity contribution in [2.24, 2.45) is 0 Å². The number of halogens is 2. The van der Waals surface area contributed by atoms with Crippen LogP contribution in [0.1, 0.15) is 31.2 Å². The van der Waals surface area contributed by atoms with Gasteiger partial charge < -0.3 is 10.2 Å². The third-order valence-electron chi connectivity index (χ3n) is 3.78. The largest absolute Gasteiger partial charge is 0.340 e. The Balaban J connectivity index is 1.87. The average molecular weight is 299 g/mol. The summed E-state index contributed by atoms with van der Waals surface area (Å²) in [7, 11) is 1.67. The fourth-order valence-corrected chi connectivity index (χ4v) is 2.73. The summed E-state index contributed by atoms with van der Waals surface area (Å²) in [5.74, 6) is -0.419. The minimum Gasteiger partial charge on any atom is -0.340 e. The first kappa shape index (κ1) is 15.3. The summed E-state index contributed by atoms with van der Waals surface area (Å²) in [6.07, 6.45) is 4.73. The lowest BCUT2D eigenvalue weighted by Gasteiger charge is -2.20. The lowest BCUT2D eigenvalue weighted by atomic mass is 10.2. The predicted molar refractivity (Wildman–Crippen MR) is 78.1 cm³/mol. The van der Waals surface area contributed by atoms with Gasteiger partial charge in [0.1, 0.15) is 5.82 Å². The molecule has 0 unspecified atom stereocenters. The molecule has 0 atom stereocenters. The van der Waals surface area contributed by atoms with Crippen LogP contribution < -0.4 is 5.32 Å². The predicted octanol–water partition coefficient (Wildman–Crippen LogP) is 2.97. The molecule has 2 rings (SSSR count). The second-order valence-corrected chi connectivity index (χ2v) is 5.72. The van der Waals surface area contributed by atoms with E-state index in [1.165, 1.54) is 23.8 Å². The van der Waals surface area contributed by atoms with E-state index in [9.17, 15) is 9.18 Å². The zero-order valence-corrected chi connectivity index (χ0v) is 12.4. The van der Waals surface area contributed by atoms with E-state index in [0.717, 1.165) is 12.8 Å². The van der Waals surface area contributed by atoms with Crippen LogP contribution >= 0.6 is 11.6 Å². The number of nitrogens with zero attached hydrogens (tertiary/aromatic N) is 1. The Labute approximate surface area is 124 Å². The highest BCUT2D eigenvalue weighted by Crippen LogP contribution is 2.20. The zero-order valence-electron chi connectivity index (χ0n) is 11.7. The summed E-state index contributed by atoms with van der Waals surface area (Å²) in [6.45, 7) is 0.490. The molecule has 0 heterocycles. The fraction of sp³-hybridized carbons (Fsp3) is 0.533. The van der Waals surface area contributed by atoms with Crippen molar-refractivity contribution in [1.29, 1.82) is 0 Å². The summed E-state index contributed by atoms with van der Waals surface area (Å²) >= 11 is 5.97. The fourth-order valence-electron chi connectivity index (χ4n) is 2.51. The van der Waals surface area contributed by atoms with E-state index in [2.05, 4.69) is 5.32 Å². The highest BCUT2D eigenvalue weighted by molar-refractivity contribution is 6.31. The third-order valence-corrected chi connectivity index (χ3v) is 4.13. The van der Waals surface area contributed by atoms with Crippen molar-refractivity contribution in [3.05, 3.63) is 34.6 Å². The van der Waals surface area contributed by atoms with E-state index in [-0.39, 0.29) is 18.3 Å². The van der Waals surface area contributed by atoms with Gasteiger partial charge >= 0.3 is 0 Å². The second-order valence-electron chi connectivity index (χ2n) is 5.31. The molecular weight excluding hydrogens is 279 g/mol. The molecule has 1 amide bonds. The number of hydrogen-bond acceptors (Lipinski definition) is 2. The molecule has 0 aromatic heterocycles. The molecule has 1 N–H and O–H groups in total. The molecule has 0 bridgehead atoms. The van der Waals surface area contributed by atoms with Crippen LogP contribution in [0, 0.1) is 5.82 Å². The van der Waals surface area contributed by atoms with Crippen molar-refractivity contribution in [1.82, 2.24) is 10.2 Å². The van der Waals surface area contributed by atoms with Crippen LogP contribution in [0.15, 0.2) is 18.2 Å². The zero-order chi connectivity index (χ0) is 14.5. The maximum absolute atomic E-state index is 13.7. The van der Waals surface area contributed by atoms with Gasteiger partial charge in [-0.15, -0.1) is 0 Å². The number of carbonyl (C=O) groups is 1. The Hall–Kier alpha value is -1.13. The van der Waals surface area contributed by atoms with Gasteiger partial charge in [-0.25, -0.2) is 4.39 Å². The van der Waals surface area contributed by atoms with E-state index >= 15 is 0 Å². The molecular formula is C15H20ClFN2O. The second kappa shape index (κ2) is 7.04. The van der Waals surface area contributed by atoms with Crippen LogP contribution in [0.25, 0.3) is 0 Å². The normalized spacial score (nSPS) is 15.6. The maximum atomic E-state index is 13.7. The van der Waals surface area contributed by atoms with E-state index in [1.54, 1.807) is 19.2 Å². The van der Waals surface area contributed by atoms with Crippen molar-refractivity contribution in [2.45, 2.75) is 38.3 Å². The van der Waals surface area contributed by atoms with Gasteiger partial charge in [0, 0.05) is 30.2 Å². The Kier molecular flexibility index (Phi) is 5.38. The number of benzene rings is 1. The Bertz CT molecular complexity index is 455. The molecule has 1 saturated carbocycles. The van der Waals surface area contributed by atoms with Gasteiger partial charge in [0.2, 0.25) is 5.91 Å². The van der Waals surface area contributed by atoms with Crippen LogP contribution in [-0.2, 0) is 11.3 Å². The number of nitrogens with one attached hydrogen (secondary N) is 1. The van der Waals surface area contributed by atoms with Crippen molar-refractivity contribution >= 4 is 17.5 Å². The number of hydrogen-bond donors (Lipinski definition) is 1. The molecule has 0 aliphatic heterocycles. The summed E-state index contributed by atoms with van der Waals surface area (Å²) in [5, 5.41) is 3.61. The quantitative estimate of drug-likeness (QED) is 0.906. The van der Waals surface area contributed by atoms with E-state index < -0.39 is 0 Å². The SMILES string of the molecule is CN(Cc1c(F)cccc1Cl)C(=O)CNC1CCCC1. The monoisotopic (exact) mass is 298 g/mol. The van der Waals surface area contributed by atoms with Crippen molar-refractivity contribution in [3.63, 3.8) is 0 Å². The topological polar surface area (TPSA) is 32.3 Å². The third kappa shape index (κ3) is 3.93. The van der Waals surface area contributed by atoms with Gasteiger partial charge in [0.05, 0.1) is 6.54 Å². The molecule has 20 heavy (non-hydrogen) atoms. The van der Waals surface area contributed by atoms with Crippen LogP contribution in [0.2, 0.25) is 5.02 Å². The molecule has 1 aromatic carbocycles. The lowest BCUT2D eigenvalue weighted by molar-refractivity contribution is -0.129. The molecule has 0 spiro atoms. The van der Waals surface area contributed by atoms with Gasteiger partial charge in [-0.3, -0.25) is 4.79 Å². The number of amides is 1. The Morgan fingerprint density at radius 1 is 1.45 bits per heavy atom. The van der Waals surface area contributed by atoms with Gasteiger partial charge in [-0.1, -0.05) is 30.5 Å². The minimum absolute atomic E-state index is 0.0452.